The quantitative estimate of drug-likeness (QED) is 0.136. The van der Waals surface area contributed by atoms with E-state index in [-0.39, 0.29) is 5.78 Å². The van der Waals surface area contributed by atoms with E-state index in [1.807, 2.05) is 54.6 Å². The molecule has 0 radical (unpaired) electrons. The lowest BCUT2D eigenvalue weighted by molar-refractivity contribution is 0.105. The van der Waals surface area contributed by atoms with E-state index in [2.05, 4.69) is 53.2 Å². The van der Waals surface area contributed by atoms with Crippen LogP contribution < -0.4 is 9.47 Å². The molecule has 184 valence electrons. The lowest BCUT2D eigenvalue weighted by atomic mass is 10.0. The molecule has 0 saturated heterocycles. The number of thiophene rings is 1. The summed E-state index contributed by atoms with van der Waals surface area (Å²) in [5.74, 6) is 1.61. The SMILES string of the molecule is CCCc1sc(C(=O)/C=C/c2ccc(OC)c(COc3ccccc3Cc3ccccc3)c2)cc1Br. The summed E-state index contributed by atoms with van der Waals surface area (Å²) in [5, 5.41) is 0. The first-order chi connectivity index (χ1) is 17.6. The number of carbonyl (C=O) groups excluding carboxylic acids is 1. The summed E-state index contributed by atoms with van der Waals surface area (Å²) in [6.45, 7) is 2.50. The van der Waals surface area contributed by atoms with Crippen LogP contribution in [0.3, 0.4) is 0 Å². The molecule has 0 bridgehead atoms. The van der Waals surface area contributed by atoms with Gasteiger partial charge < -0.3 is 9.47 Å². The number of halogens is 1. The van der Waals surface area contributed by atoms with E-state index < -0.39 is 0 Å². The summed E-state index contributed by atoms with van der Waals surface area (Å²) >= 11 is 5.13. The van der Waals surface area contributed by atoms with Crippen LogP contribution in [0.4, 0.5) is 0 Å². The molecule has 4 rings (SSSR count). The van der Waals surface area contributed by atoms with Crippen molar-refractivity contribution >= 4 is 39.1 Å². The normalized spacial score (nSPS) is 11.1. The summed E-state index contributed by atoms with van der Waals surface area (Å²) in [6, 6.07) is 26.3. The number of carbonyl (C=O) groups is 1. The van der Waals surface area contributed by atoms with Crippen molar-refractivity contribution in [2.45, 2.75) is 32.8 Å². The van der Waals surface area contributed by atoms with Gasteiger partial charge in [-0.15, -0.1) is 11.3 Å². The second-order valence-corrected chi connectivity index (χ2v) is 10.5. The molecule has 5 heteroatoms. The molecule has 4 aromatic rings. The highest BCUT2D eigenvalue weighted by atomic mass is 79.9. The van der Waals surface area contributed by atoms with E-state index in [0.29, 0.717) is 6.61 Å². The molecule has 0 amide bonds. The van der Waals surface area contributed by atoms with Crippen LogP contribution >= 0.6 is 27.3 Å². The average Bonchev–Trinajstić information content (AvgIpc) is 3.27. The Labute approximate surface area is 225 Å². The lowest BCUT2D eigenvalue weighted by Gasteiger charge is -2.14. The van der Waals surface area contributed by atoms with Crippen LogP contribution in [0.15, 0.2) is 89.4 Å². The Morgan fingerprint density at radius 2 is 1.72 bits per heavy atom. The van der Waals surface area contributed by atoms with Gasteiger partial charge in [0.15, 0.2) is 5.78 Å². The van der Waals surface area contributed by atoms with Gasteiger partial charge >= 0.3 is 0 Å². The van der Waals surface area contributed by atoms with E-state index in [0.717, 1.165) is 56.8 Å². The molecule has 1 heterocycles. The first kappa shape index (κ1) is 25.9. The zero-order valence-electron chi connectivity index (χ0n) is 20.5. The van der Waals surface area contributed by atoms with Crippen LogP contribution in [0.25, 0.3) is 6.08 Å². The van der Waals surface area contributed by atoms with Crippen molar-refractivity contribution in [3.8, 4) is 11.5 Å². The minimum atomic E-state index is 0.00603. The van der Waals surface area contributed by atoms with Crippen LogP contribution in [0.5, 0.6) is 11.5 Å². The molecule has 3 nitrogen and oxygen atoms in total. The van der Waals surface area contributed by atoms with Crippen molar-refractivity contribution < 1.29 is 14.3 Å². The highest BCUT2D eigenvalue weighted by Crippen LogP contribution is 2.30. The maximum atomic E-state index is 12.7. The van der Waals surface area contributed by atoms with Gasteiger partial charge in [-0.25, -0.2) is 0 Å². The maximum absolute atomic E-state index is 12.7. The van der Waals surface area contributed by atoms with Crippen molar-refractivity contribution in [2.75, 3.05) is 7.11 Å². The monoisotopic (exact) mass is 560 g/mol. The second-order valence-electron chi connectivity index (χ2n) is 8.46. The van der Waals surface area contributed by atoms with E-state index in [1.54, 1.807) is 24.5 Å². The molecule has 0 spiro atoms. The zero-order valence-corrected chi connectivity index (χ0v) is 22.9. The van der Waals surface area contributed by atoms with Gasteiger partial charge in [0, 0.05) is 21.3 Å². The van der Waals surface area contributed by atoms with E-state index in [4.69, 9.17) is 9.47 Å². The van der Waals surface area contributed by atoms with Crippen molar-refractivity contribution in [3.63, 3.8) is 0 Å². The third-order valence-electron chi connectivity index (χ3n) is 5.80. The molecule has 0 aliphatic heterocycles. The summed E-state index contributed by atoms with van der Waals surface area (Å²) in [6.07, 6.45) is 6.31. The van der Waals surface area contributed by atoms with Gasteiger partial charge in [-0.1, -0.05) is 74.0 Å². The molecular formula is C31H29BrO3S. The summed E-state index contributed by atoms with van der Waals surface area (Å²) in [7, 11) is 1.66. The van der Waals surface area contributed by atoms with Gasteiger partial charge in [0.05, 0.1) is 12.0 Å². The van der Waals surface area contributed by atoms with Crippen LogP contribution in [-0.2, 0) is 19.4 Å². The number of allylic oxidation sites excluding steroid dienone is 1. The number of para-hydroxylation sites is 1. The molecule has 0 aliphatic carbocycles. The van der Waals surface area contributed by atoms with Crippen LogP contribution in [-0.4, -0.2) is 12.9 Å². The summed E-state index contributed by atoms with van der Waals surface area (Å²) in [4.78, 5) is 14.7. The van der Waals surface area contributed by atoms with Gasteiger partial charge in [0.1, 0.15) is 18.1 Å². The number of aryl methyl sites for hydroxylation is 1. The Morgan fingerprint density at radius 3 is 2.50 bits per heavy atom. The van der Waals surface area contributed by atoms with Crippen LogP contribution in [0, 0.1) is 0 Å². The number of hydrogen-bond donors (Lipinski definition) is 0. The molecule has 3 aromatic carbocycles. The minimum absolute atomic E-state index is 0.00603. The van der Waals surface area contributed by atoms with Gasteiger partial charge in [0.25, 0.3) is 0 Å². The number of ketones is 1. The molecule has 0 saturated carbocycles. The molecule has 0 aliphatic rings. The van der Waals surface area contributed by atoms with Crippen molar-refractivity contribution in [2.24, 2.45) is 0 Å². The number of rotatable bonds is 11. The molecule has 36 heavy (non-hydrogen) atoms. The number of benzene rings is 3. The Morgan fingerprint density at radius 1 is 0.944 bits per heavy atom. The minimum Gasteiger partial charge on any atom is -0.496 e. The second kappa shape index (κ2) is 12.7. The highest BCUT2D eigenvalue weighted by molar-refractivity contribution is 9.10. The fraction of sp³-hybridized carbons (Fsp3) is 0.194. The van der Waals surface area contributed by atoms with Gasteiger partial charge in [0.2, 0.25) is 0 Å². The largest absolute Gasteiger partial charge is 0.496 e. The topological polar surface area (TPSA) is 35.5 Å². The fourth-order valence-electron chi connectivity index (χ4n) is 3.96. The summed E-state index contributed by atoms with van der Waals surface area (Å²) in [5.41, 5.74) is 4.21. The van der Waals surface area contributed by atoms with Crippen molar-refractivity contribution in [1.82, 2.24) is 0 Å². The van der Waals surface area contributed by atoms with Crippen LogP contribution in [0.1, 0.15) is 50.1 Å². The first-order valence-electron chi connectivity index (χ1n) is 12.0. The Hall–Kier alpha value is -3.15. The molecular weight excluding hydrogens is 532 g/mol. The van der Waals surface area contributed by atoms with Crippen LogP contribution in [0.2, 0.25) is 0 Å². The van der Waals surface area contributed by atoms with E-state index in [9.17, 15) is 4.79 Å². The number of methoxy groups -OCH3 is 1. The first-order valence-corrected chi connectivity index (χ1v) is 13.6. The summed E-state index contributed by atoms with van der Waals surface area (Å²) < 4.78 is 12.8. The number of hydrogen-bond acceptors (Lipinski definition) is 4. The standard InChI is InChI=1S/C31H29BrO3S/c1-3-9-30-26(32)20-31(36-30)27(33)16-14-23-15-17-28(34-2)25(19-23)21-35-29-13-8-7-12-24(29)18-22-10-5-4-6-11-22/h4-8,10-17,19-20H,3,9,18,21H2,1-2H3/b16-14+. The predicted molar refractivity (Wildman–Crippen MR) is 152 cm³/mol. The molecule has 0 unspecified atom stereocenters. The average molecular weight is 562 g/mol. The lowest BCUT2D eigenvalue weighted by Crippen LogP contribution is -2.02. The molecule has 0 atom stereocenters. The Kier molecular flexibility index (Phi) is 9.15. The van der Waals surface area contributed by atoms with Crippen molar-refractivity contribution in [1.29, 1.82) is 0 Å². The van der Waals surface area contributed by atoms with E-state index >= 15 is 0 Å². The van der Waals surface area contributed by atoms with Crippen molar-refractivity contribution in [3.05, 3.63) is 121 Å². The third kappa shape index (κ3) is 6.74. The van der Waals surface area contributed by atoms with Gasteiger partial charge in [-0.3, -0.25) is 4.79 Å². The Bertz CT molecular complexity index is 1340. The number of ether oxygens (including phenoxy) is 2. The molecule has 0 fully saturated rings. The maximum Gasteiger partial charge on any atom is 0.195 e. The predicted octanol–water partition coefficient (Wildman–Crippen LogP) is 8.54. The molecule has 1 aromatic heterocycles. The Balaban J connectivity index is 1.48. The fourth-order valence-corrected chi connectivity index (χ4v) is 5.85. The third-order valence-corrected chi connectivity index (χ3v) is 7.98. The van der Waals surface area contributed by atoms with Gasteiger partial charge in [-0.05, 0) is 69.4 Å². The zero-order chi connectivity index (χ0) is 25.3. The highest BCUT2D eigenvalue weighted by Gasteiger charge is 2.12. The molecule has 0 N–H and O–H groups in total. The smallest absolute Gasteiger partial charge is 0.195 e. The van der Waals surface area contributed by atoms with E-state index in [1.165, 1.54) is 10.4 Å². The van der Waals surface area contributed by atoms with Gasteiger partial charge in [-0.2, -0.15) is 0 Å².